The number of aliphatic hydroxyl groups excluding tert-OH is 1. The molecule has 59 heavy (non-hydrogen) atoms. The average molecular weight is 819 g/mol. The zero-order valence-electron chi connectivity index (χ0n) is 33.7. The van der Waals surface area contributed by atoms with Crippen LogP contribution >= 0.6 is 11.3 Å². The minimum absolute atomic E-state index is 0.0511. The molecule has 0 aliphatic carbocycles. The maximum atomic E-state index is 14.2. The highest BCUT2D eigenvalue weighted by Crippen LogP contribution is 2.36. The van der Waals surface area contributed by atoms with E-state index in [1.807, 2.05) is 81.9 Å². The number of aromatic amines is 1. The quantitative estimate of drug-likeness (QED) is 0.0987. The molecule has 0 saturated carbocycles. The van der Waals surface area contributed by atoms with Crippen LogP contribution in [-0.4, -0.2) is 102 Å². The number of H-pyrrole nitrogens is 1. The second kappa shape index (κ2) is 17.3. The van der Waals surface area contributed by atoms with E-state index in [0.717, 1.165) is 53.0 Å². The number of para-hydroxylation sites is 1. The number of phenolic OH excluding ortho intramolecular Hbond substituents is 1. The number of nitrogens with zero attached hydrogens (tertiary/aromatic N) is 6. The van der Waals surface area contributed by atoms with Crippen molar-refractivity contribution >= 4 is 34.2 Å². The van der Waals surface area contributed by atoms with Gasteiger partial charge in [0, 0.05) is 49.3 Å². The number of aliphatic hydroxyl groups is 1. The molecular formula is C44H50N8O6S. The van der Waals surface area contributed by atoms with Crippen LogP contribution in [0, 0.1) is 12.8 Å². The average Bonchev–Trinajstić information content (AvgIpc) is 4.05. The molecule has 2 amide bonds. The SMILES string of the molecule is Cc1ncsc1-c1ccc([C@H](C)NC(=O)[C@@H]2C[C@@H](O)CN2C(=O)[C@@H](c2cc(OCCN3CCC[C@H](c4c[nH]c5nnc(-c6ccccc6O)cc45)C3)no2)C(C)C)cc1. The van der Waals surface area contributed by atoms with E-state index in [2.05, 4.69) is 35.5 Å². The molecular weight excluding hydrogens is 769 g/mol. The number of carbonyl (C=O) groups excluding carboxylic acids is 2. The molecule has 6 heterocycles. The number of phenols is 1. The van der Waals surface area contributed by atoms with Crippen LogP contribution < -0.4 is 10.1 Å². The summed E-state index contributed by atoms with van der Waals surface area (Å²) in [5.41, 5.74) is 7.97. The van der Waals surface area contributed by atoms with Gasteiger partial charge >= 0.3 is 0 Å². The minimum Gasteiger partial charge on any atom is -0.507 e. The summed E-state index contributed by atoms with van der Waals surface area (Å²) in [6.45, 7) is 10.6. The lowest BCUT2D eigenvalue weighted by molar-refractivity contribution is -0.141. The molecule has 2 aromatic carbocycles. The van der Waals surface area contributed by atoms with E-state index < -0.39 is 18.1 Å². The Morgan fingerprint density at radius 2 is 1.90 bits per heavy atom. The molecule has 0 unspecified atom stereocenters. The molecule has 8 rings (SSSR count). The zero-order valence-corrected chi connectivity index (χ0v) is 34.5. The fraction of sp³-hybridized carbons (Fsp3) is 0.409. The number of benzene rings is 2. The van der Waals surface area contributed by atoms with Gasteiger partial charge in [-0.15, -0.1) is 21.5 Å². The van der Waals surface area contributed by atoms with Crippen LogP contribution in [0.25, 0.3) is 32.7 Å². The van der Waals surface area contributed by atoms with Crippen molar-refractivity contribution in [1.82, 2.24) is 40.4 Å². The van der Waals surface area contributed by atoms with Gasteiger partial charge in [-0.3, -0.25) is 14.5 Å². The third kappa shape index (κ3) is 8.59. The predicted octanol–water partition coefficient (Wildman–Crippen LogP) is 6.59. The van der Waals surface area contributed by atoms with E-state index in [-0.39, 0.29) is 48.4 Å². The van der Waals surface area contributed by atoms with Crippen molar-refractivity contribution in [2.24, 2.45) is 5.92 Å². The first kappa shape index (κ1) is 40.2. The minimum atomic E-state index is -0.830. The number of fused-ring (bicyclic) bond motifs is 1. The summed E-state index contributed by atoms with van der Waals surface area (Å²) in [6, 6.07) is 17.7. The highest BCUT2D eigenvalue weighted by atomic mass is 32.1. The number of aromatic hydroxyl groups is 1. The number of aryl methyl sites for hydroxylation is 1. The number of ether oxygens (including phenoxy) is 1. The number of amides is 2. The molecule has 15 heteroatoms. The van der Waals surface area contributed by atoms with Gasteiger partial charge in [-0.1, -0.05) is 50.2 Å². The Balaban J connectivity index is 0.872. The predicted molar refractivity (Wildman–Crippen MR) is 224 cm³/mol. The molecule has 2 aliphatic rings. The Bertz CT molecular complexity index is 2410. The normalized spacial score (nSPS) is 19.6. The lowest BCUT2D eigenvalue weighted by Crippen LogP contribution is -2.48. The maximum Gasteiger partial charge on any atom is 0.254 e. The van der Waals surface area contributed by atoms with Crippen LogP contribution in [0.5, 0.6) is 11.6 Å². The monoisotopic (exact) mass is 818 g/mol. The summed E-state index contributed by atoms with van der Waals surface area (Å²) in [6.07, 6.45) is 3.40. The van der Waals surface area contributed by atoms with Gasteiger partial charge in [0.25, 0.3) is 5.88 Å². The number of likely N-dealkylation sites (tertiary alicyclic amines) is 2. The number of hydrogen-bond acceptors (Lipinski definition) is 12. The van der Waals surface area contributed by atoms with Gasteiger partial charge in [-0.05, 0) is 85.1 Å². The summed E-state index contributed by atoms with van der Waals surface area (Å²) in [7, 11) is 0. The number of piperidine rings is 1. The number of β-amino-alcohol motifs (C(OH)–C–C–N with tert-alkyl or cyclic N) is 1. The first-order valence-electron chi connectivity index (χ1n) is 20.3. The van der Waals surface area contributed by atoms with Gasteiger partial charge in [-0.25, -0.2) is 4.98 Å². The Morgan fingerprint density at radius 3 is 2.66 bits per heavy atom. The van der Waals surface area contributed by atoms with Crippen molar-refractivity contribution < 1.29 is 29.1 Å². The van der Waals surface area contributed by atoms with Crippen LogP contribution in [0.15, 0.2) is 76.9 Å². The molecule has 4 N–H and O–H groups in total. The van der Waals surface area contributed by atoms with Crippen LogP contribution in [0.4, 0.5) is 0 Å². The Morgan fingerprint density at radius 1 is 1.08 bits per heavy atom. The first-order chi connectivity index (χ1) is 28.5. The number of thiazole rings is 1. The highest BCUT2D eigenvalue weighted by molar-refractivity contribution is 7.13. The standard InChI is InChI=1S/C44H50N8O6S/c1-25(2)40(44(56)52-23-31(53)18-36(52)43(55)47-26(3)28-11-13-29(14-12-28)41-27(4)46-24-59-41)38-20-39(50-58-38)57-17-16-51-15-7-8-30(22-51)34-21-45-42-33(34)19-35(48-49-42)32-9-5-6-10-37(32)54/h5-6,9-14,19-21,24-26,30-31,36,40,53-54H,7-8,15-18,22-23H2,1-4H3,(H,45,49)(H,47,55)/t26-,30-,31+,36-,40+/m0/s1. The second-order valence-corrected chi connectivity index (χ2v) is 16.9. The van der Waals surface area contributed by atoms with Crippen LogP contribution in [0.1, 0.15) is 80.5 Å². The lowest BCUT2D eigenvalue weighted by atomic mass is 9.90. The Labute approximate surface area is 346 Å². The summed E-state index contributed by atoms with van der Waals surface area (Å²) in [4.78, 5) is 40.5. The van der Waals surface area contributed by atoms with Gasteiger partial charge in [0.15, 0.2) is 11.4 Å². The summed E-state index contributed by atoms with van der Waals surface area (Å²) in [5.74, 6) is -0.432. The van der Waals surface area contributed by atoms with Crippen molar-refractivity contribution in [3.05, 3.63) is 95.0 Å². The van der Waals surface area contributed by atoms with Crippen LogP contribution in [-0.2, 0) is 9.59 Å². The molecule has 2 aliphatic heterocycles. The largest absolute Gasteiger partial charge is 0.507 e. The summed E-state index contributed by atoms with van der Waals surface area (Å²) < 4.78 is 11.8. The fourth-order valence-corrected chi connectivity index (χ4v) is 9.31. The fourth-order valence-electron chi connectivity index (χ4n) is 8.50. The Hall–Kier alpha value is -5.64. The molecule has 14 nitrogen and oxygen atoms in total. The smallest absolute Gasteiger partial charge is 0.254 e. The molecule has 308 valence electrons. The molecule has 5 atom stereocenters. The van der Waals surface area contributed by atoms with E-state index in [9.17, 15) is 19.8 Å². The maximum absolute atomic E-state index is 14.2. The van der Waals surface area contributed by atoms with Crippen molar-refractivity contribution in [3.8, 4) is 33.3 Å². The van der Waals surface area contributed by atoms with Gasteiger partial charge < -0.3 is 34.7 Å². The van der Waals surface area contributed by atoms with Crippen LogP contribution in [0.3, 0.4) is 0 Å². The van der Waals surface area contributed by atoms with E-state index in [1.54, 1.807) is 29.5 Å². The number of rotatable bonds is 13. The highest BCUT2D eigenvalue weighted by Gasteiger charge is 2.43. The van der Waals surface area contributed by atoms with E-state index >= 15 is 0 Å². The second-order valence-electron chi connectivity index (χ2n) is 16.0. The van der Waals surface area contributed by atoms with Gasteiger partial charge in [-0.2, -0.15) is 0 Å². The van der Waals surface area contributed by atoms with E-state index in [1.165, 1.54) is 10.5 Å². The van der Waals surface area contributed by atoms with E-state index in [0.29, 0.717) is 41.7 Å². The van der Waals surface area contributed by atoms with Gasteiger partial charge in [0.1, 0.15) is 24.3 Å². The third-order valence-corrected chi connectivity index (χ3v) is 12.6. The van der Waals surface area contributed by atoms with E-state index in [4.69, 9.17) is 9.26 Å². The number of aromatic nitrogens is 5. The number of nitrogens with one attached hydrogen (secondary N) is 2. The van der Waals surface area contributed by atoms with Crippen molar-refractivity contribution in [2.75, 3.05) is 32.8 Å². The Kier molecular flexibility index (Phi) is 11.8. The zero-order chi connectivity index (χ0) is 41.2. The van der Waals surface area contributed by atoms with Crippen molar-refractivity contribution in [1.29, 1.82) is 0 Å². The molecule has 4 aromatic heterocycles. The van der Waals surface area contributed by atoms with Gasteiger partial charge in [0.2, 0.25) is 11.8 Å². The molecule has 2 fully saturated rings. The summed E-state index contributed by atoms with van der Waals surface area (Å²) in [5, 5.41) is 38.1. The third-order valence-electron chi connectivity index (χ3n) is 11.6. The first-order valence-corrected chi connectivity index (χ1v) is 21.2. The number of hydrogen-bond donors (Lipinski definition) is 4. The van der Waals surface area contributed by atoms with Crippen LogP contribution in [0.2, 0.25) is 0 Å². The molecule has 0 spiro atoms. The molecule has 0 radical (unpaired) electrons. The van der Waals surface area contributed by atoms with Crippen molar-refractivity contribution in [3.63, 3.8) is 0 Å². The summed E-state index contributed by atoms with van der Waals surface area (Å²) >= 11 is 1.59. The topological polar surface area (TPSA) is 183 Å². The molecule has 2 saturated heterocycles. The molecule has 0 bridgehead atoms. The lowest BCUT2D eigenvalue weighted by Gasteiger charge is -2.32. The van der Waals surface area contributed by atoms with Gasteiger partial charge in [0.05, 0.1) is 33.9 Å². The molecule has 6 aromatic rings. The van der Waals surface area contributed by atoms with Crippen molar-refractivity contribution in [2.45, 2.75) is 77.0 Å². The number of carbonyl (C=O) groups is 2.